The standard InChI is InChI=1S/C26H27N3O3S/c1-32-18-10-17-27-24(30)21-15-8-9-16-22(21)28-26(33)29-25(31)23(19-11-4-2-5-12-19)20-13-6-3-7-14-20/h2-9,11-16,23H,10,17-18H2,1H3,(H,27,30)(H2,28,29,31,33). The molecule has 0 aliphatic rings. The molecule has 0 radical (unpaired) electrons. The van der Waals surface area contributed by atoms with Gasteiger partial charge in [0.15, 0.2) is 5.11 Å². The molecule has 3 N–H and O–H groups in total. The summed E-state index contributed by atoms with van der Waals surface area (Å²) in [6.45, 7) is 1.07. The van der Waals surface area contributed by atoms with Crippen molar-refractivity contribution in [3.8, 4) is 0 Å². The second kappa shape index (κ2) is 12.5. The van der Waals surface area contributed by atoms with Crippen LogP contribution in [0.15, 0.2) is 84.9 Å². The maximum absolute atomic E-state index is 13.2. The summed E-state index contributed by atoms with van der Waals surface area (Å²) >= 11 is 5.41. The SMILES string of the molecule is COCCCNC(=O)c1ccccc1NC(=S)NC(=O)C(c1ccccc1)c1ccccc1. The van der Waals surface area contributed by atoms with Crippen LogP contribution in [0.4, 0.5) is 5.69 Å². The fraction of sp³-hybridized carbons (Fsp3) is 0.192. The van der Waals surface area contributed by atoms with Crippen LogP contribution >= 0.6 is 12.2 Å². The van der Waals surface area contributed by atoms with Gasteiger partial charge < -0.3 is 20.7 Å². The molecule has 6 nitrogen and oxygen atoms in total. The zero-order valence-electron chi connectivity index (χ0n) is 18.4. The van der Waals surface area contributed by atoms with Crippen LogP contribution < -0.4 is 16.0 Å². The number of para-hydroxylation sites is 1. The van der Waals surface area contributed by atoms with Crippen LogP contribution in [-0.4, -0.2) is 37.2 Å². The molecule has 2 amide bonds. The second-order valence-electron chi connectivity index (χ2n) is 7.35. The van der Waals surface area contributed by atoms with E-state index in [4.69, 9.17) is 17.0 Å². The van der Waals surface area contributed by atoms with E-state index in [0.717, 1.165) is 11.1 Å². The van der Waals surface area contributed by atoms with Crippen LogP contribution in [0.25, 0.3) is 0 Å². The Morgan fingerprint density at radius 2 is 1.45 bits per heavy atom. The minimum atomic E-state index is -0.522. The lowest BCUT2D eigenvalue weighted by molar-refractivity contribution is -0.120. The van der Waals surface area contributed by atoms with Gasteiger partial charge in [-0.25, -0.2) is 0 Å². The molecule has 0 bridgehead atoms. The lowest BCUT2D eigenvalue weighted by atomic mass is 9.90. The quantitative estimate of drug-likeness (QED) is 0.330. The number of anilines is 1. The Hall–Kier alpha value is -3.55. The van der Waals surface area contributed by atoms with Crippen LogP contribution in [0.1, 0.15) is 33.8 Å². The van der Waals surface area contributed by atoms with Crippen molar-refractivity contribution in [2.75, 3.05) is 25.6 Å². The van der Waals surface area contributed by atoms with Crippen molar-refractivity contribution < 1.29 is 14.3 Å². The topological polar surface area (TPSA) is 79.5 Å². The number of hydrogen-bond donors (Lipinski definition) is 3. The Morgan fingerprint density at radius 3 is 2.06 bits per heavy atom. The number of carbonyl (C=O) groups is 2. The predicted octanol–water partition coefficient (Wildman–Crippen LogP) is 4.10. The zero-order valence-corrected chi connectivity index (χ0v) is 19.2. The van der Waals surface area contributed by atoms with Crippen molar-refractivity contribution in [1.82, 2.24) is 10.6 Å². The molecule has 0 aliphatic carbocycles. The Morgan fingerprint density at radius 1 is 0.879 bits per heavy atom. The van der Waals surface area contributed by atoms with Gasteiger partial charge in [0.1, 0.15) is 0 Å². The van der Waals surface area contributed by atoms with E-state index >= 15 is 0 Å². The van der Waals surface area contributed by atoms with Crippen molar-refractivity contribution >= 4 is 34.8 Å². The Labute approximate surface area is 199 Å². The summed E-state index contributed by atoms with van der Waals surface area (Å²) in [5, 5.41) is 8.76. The van der Waals surface area contributed by atoms with E-state index in [-0.39, 0.29) is 16.9 Å². The molecule has 0 aliphatic heterocycles. The van der Waals surface area contributed by atoms with Crippen LogP contribution in [0.3, 0.4) is 0 Å². The van der Waals surface area contributed by atoms with Crippen molar-refractivity contribution in [2.24, 2.45) is 0 Å². The third kappa shape index (κ3) is 6.97. The first-order valence-electron chi connectivity index (χ1n) is 10.7. The number of thiocarbonyl (C=S) groups is 1. The van der Waals surface area contributed by atoms with Crippen molar-refractivity contribution in [3.63, 3.8) is 0 Å². The van der Waals surface area contributed by atoms with Gasteiger partial charge in [0.2, 0.25) is 5.91 Å². The number of methoxy groups -OCH3 is 1. The van der Waals surface area contributed by atoms with Crippen LogP contribution in [0, 0.1) is 0 Å². The maximum Gasteiger partial charge on any atom is 0.253 e. The smallest absolute Gasteiger partial charge is 0.253 e. The number of hydrogen-bond acceptors (Lipinski definition) is 4. The van der Waals surface area contributed by atoms with Gasteiger partial charge in [0.05, 0.1) is 17.2 Å². The number of nitrogens with one attached hydrogen (secondary N) is 3. The molecule has 0 unspecified atom stereocenters. The third-order valence-electron chi connectivity index (χ3n) is 5.00. The van der Waals surface area contributed by atoms with Gasteiger partial charge in [0, 0.05) is 20.3 Å². The fourth-order valence-corrected chi connectivity index (χ4v) is 3.64. The first-order chi connectivity index (χ1) is 16.1. The first-order valence-corrected chi connectivity index (χ1v) is 11.1. The van der Waals surface area contributed by atoms with Gasteiger partial charge in [-0.15, -0.1) is 0 Å². The molecular formula is C26H27N3O3S. The van der Waals surface area contributed by atoms with Crippen LogP contribution in [0.2, 0.25) is 0 Å². The maximum atomic E-state index is 13.2. The first kappa shape index (κ1) is 24.1. The molecule has 7 heteroatoms. The molecule has 3 aromatic rings. The molecule has 0 fully saturated rings. The summed E-state index contributed by atoms with van der Waals surface area (Å²) in [6, 6.07) is 26.1. The van der Waals surface area contributed by atoms with Gasteiger partial charge in [-0.1, -0.05) is 72.8 Å². The monoisotopic (exact) mass is 461 g/mol. The van der Waals surface area contributed by atoms with E-state index < -0.39 is 5.92 Å². The van der Waals surface area contributed by atoms with Gasteiger partial charge in [0.25, 0.3) is 5.91 Å². The van der Waals surface area contributed by atoms with E-state index in [1.165, 1.54) is 0 Å². The lowest BCUT2D eigenvalue weighted by Crippen LogP contribution is -2.38. The lowest BCUT2D eigenvalue weighted by Gasteiger charge is -2.19. The van der Waals surface area contributed by atoms with E-state index in [1.54, 1.807) is 31.4 Å². The molecule has 0 spiro atoms. The van der Waals surface area contributed by atoms with Crippen molar-refractivity contribution in [2.45, 2.75) is 12.3 Å². The molecule has 3 aromatic carbocycles. The predicted molar refractivity (Wildman–Crippen MR) is 134 cm³/mol. The van der Waals surface area contributed by atoms with Gasteiger partial charge in [-0.3, -0.25) is 9.59 Å². The Kier molecular flexibility index (Phi) is 9.11. The van der Waals surface area contributed by atoms with Crippen molar-refractivity contribution in [3.05, 3.63) is 102 Å². The van der Waals surface area contributed by atoms with Gasteiger partial charge in [-0.05, 0) is 41.9 Å². The highest BCUT2D eigenvalue weighted by Gasteiger charge is 2.23. The number of ether oxygens (including phenoxy) is 1. The summed E-state index contributed by atoms with van der Waals surface area (Å²) in [5.74, 6) is -1.01. The summed E-state index contributed by atoms with van der Waals surface area (Å²) in [7, 11) is 1.62. The van der Waals surface area contributed by atoms with Gasteiger partial charge >= 0.3 is 0 Å². The molecule has 170 valence electrons. The highest BCUT2D eigenvalue weighted by molar-refractivity contribution is 7.80. The Bertz CT molecular complexity index is 1030. The second-order valence-corrected chi connectivity index (χ2v) is 7.75. The largest absolute Gasteiger partial charge is 0.385 e. The van der Waals surface area contributed by atoms with Crippen molar-refractivity contribution in [1.29, 1.82) is 0 Å². The minimum Gasteiger partial charge on any atom is -0.385 e. The van der Waals surface area contributed by atoms with Crippen LogP contribution in [0.5, 0.6) is 0 Å². The summed E-state index contributed by atoms with van der Waals surface area (Å²) in [5.41, 5.74) is 2.68. The van der Waals surface area contributed by atoms with E-state index in [9.17, 15) is 9.59 Å². The number of rotatable bonds is 9. The molecule has 33 heavy (non-hydrogen) atoms. The van der Waals surface area contributed by atoms with Crippen LogP contribution in [-0.2, 0) is 9.53 Å². The molecule has 0 saturated heterocycles. The number of carbonyl (C=O) groups excluding carboxylic acids is 2. The van der Waals surface area contributed by atoms with E-state index in [1.807, 2.05) is 60.7 Å². The molecule has 0 atom stereocenters. The molecular weight excluding hydrogens is 434 g/mol. The molecule has 0 saturated carbocycles. The highest BCUT2D eigenvalue weighted by atomic mass is 32.1. The average Bonchev–Trinajstić information content (AvgIpc) is 2.83. The average molecular weight is 462 g/mol. The molecule has 3 rings (SSSR count). The summed E-state index contributed by atoms with van der Waals surface area (Å²) < 4.78 is 5.00. The fourth-order valence-electron chi connectivity index (χ4n) is 3.43. The number of amides is 2. The highest BCUT2D eigenvalue weighted by Crippen LogP contribution is 2.25. The van der Waals surface area contributed by atoms with E-state index in [2.05, 4.69) is 16.0 Å². The summed E-state index contributed by atoms with van der Waals surface area (Å²) in [4.78, 5) is 25.8. The van der Waals surface area contributed by atoms with Gasteiger partial charge in [-0.2, -0.15) is 0 Å². The third-order valence-corrected chi connectivity index (χ3v) is 5.20. The minimum absolute atomic E-state index is 0.122. The van der Waals surface area contributed by atoms with E-state index in [0.29, 0.717) is 30.8 Å². The molecule has 0 aromatic heterocycles. The Balaban J connectivity index is 1.71. The number of benzene rings is 3. The zero-order chi connectivity index (χ0) is 23.5. The normalized spacial score (nSPS) is 10.5. The summed E-state index contributed by atoms with van der Waals surface area (Å²) in [6.07, 6.45) is 0.715. The molecule has 0 heterocycles.